The molecule has 0 aliphatic carbocycles. The van der Waals surface area contributed by atoms with Crippen LogP contribution in [0.2, 0.25) is 0 Å². The highest BCUT2D eigenvalue weighted by molar-refractivity contribution is 5.53. The van der Waals surface area contributed by atoms with E-state index in [0.717, 1.165) is 12.2 Å². The van der Waals surface area contributed by atoms with E-state index in [4.69, 9.17) is 10.00 Å². The predicted molar refractivity (Wildman–Crippen MR) is 63.6 cm³/mol. The lowest BCUT2D eigenvalue weighted by Gasteiger charge is -2.20. The van der Waals surface area contributed by atoms with Crippen LogP contribution in [0, 0.1) is 32.1 Å². The van der Waals surface area contributed by atoms with Gasteiger partial charge in [0.25, 0.3) is 0 Å². The monoisotopic (exact) mass is 215 g/mol. The summed E-state index contributed by atoms with van der Waals surface area (Å²) >= 11 is 0. The topological polar surface area (TPSA) is 33.0 Å². The first-order chi connectivity index (χ1) is 7.47. The lowest BCUT2D eigenvalue weighted by molar-refractivity contribution is 0.121. The standard InChI is InChI=1S/C14H17NO/c1-9-7-10(2)12-8-14(4,5-6-15)16-13(12)11(9)3/h7H,5,8H2,1-4H3/t14-/m0/s1. The highest BCUT2D eigenvalue weighted by Crippen LogP contribution is 2.41. The van der Waals surface area contributed by atoms with Crippen molar-refractivity contribution in [3.05, 3.63) is 28.3 Å². The van der Waals surface area contributed by atoms with Crippen LogP contribution < -0.4 is 4.74 Å². The predicted octanol–water partition coefficient (Wildman–Crippen LogP) is 3.22. The van der Waals surface area contributed by atoms with Gasteiger partial charge in [0.15, 0.2) is 0 Å². The van der Waals surface area contributed by atoms with Gasteiger partial charge >= 0.3 is 0 Å². The minimum atomic E-state index is -0.333. The molecule has 0 unspecified atom stereocenters. The molecular weight excluding hydrogens is 198 g/mol. The van der Waals surface area contributed by atoms with Crippen molar-refractivity contribution in [2.24, 2.45) is 0 Å². The zero-order chi connectivity index (χ0) is 11.9. The zero-order valence-corrected chi connectivity index (χ0v) is 10.3. The van der Waals surface area contributed by atoms with Gasteiger partial charge in [-0.25, -0.2) is 0 Å². The van der Waals surface area contributed by atoms with Crippen molar-refractivity contribution in [2.75, 3.05) is 0 Å². The number of nitrogens with zero attached hydrogens (tertiary/aromatic N) is 1. The summed E-state index contributed by atoms with van der Waals surface area (Å²) in [5, 5.41) is 8.83. The van der Waals surface area contributed by atoms with E-state index in [-0.39, 0.29) is 5.60 Å². The van der Waals surface area contributed by atoms with E-state index in [9.17, 15) is 0 Å². The van der Waals surface area contributed by atoms with Gasteiger partial charge < -0.3 is 4.74 Å². The Kier molecular flexibility index (Phi) is 2.42. The van der Waals surface area contributed by atoms with Crippen LogP contribution in [0.4, 0.5) is 0 Å². The summed E-state index contributed by atoms with van der Waals surface area (Å²) in [5.41, 5.74) is 4.70. The van der Waals surface area contributed by atoms with Crippen LogP contribution >= 0.6 is 0 Å². The zero-order valence-electron chi connectivity index (χ0n) is 10.3. The van der Waals surface area contributed by atoms with Gasteiger partial charge in [0.1, 0.15) is 11.4 Å². The first-order valence-corrected chi connectivity index (χ1v) is 5.62. The summed E-state index contributed by atoms with van der Waals surface area (Å²) in [6.45, 7) is 8.33. The molecule has 1 atom stereocenters. The average molecular weight is 215 g/mol. The lowest BCUT2D eigenvalue weighted by Crippen LogP contribution is -2.29. The molecule has 0 radical (unpaired) electrons. The van der Waals surface area contributed by atoms with Crippen molar-refractivity contribution in [3.63, 3.8) is 0 Å². The molecular formula is C14H17NO. The van der Waals surface area contributed by atoms with Crippen molar-refractivity contribution in [1.82, 2.24) is 0 Å². The quantitative estimate of drug-likeness (QED) is 0.720. The molecule has 1 aliphatic heterocycles. The number of ether oxygens (including phenoxy) is 1. The molecule has 84 valence electrons. The van der Waals surface area contributed by atoms with Gasteiger partial charge in [-0.2, -0.15) is 5.26 Å². The molecule has 0 amide bonds. The van der Waals surface area contributed by atoms with Crippen molar-refractivity contribution < 1.29 is 4.74 Å². The molecule has 16 heavy (non-hydrogen) atoms. The highest BCUT2D eigenvalue weighted by atomic mass is 16.5. The number of benzene rings is 1. The Labute approximate surface area is 96.9 Å². The van der Waals surface area contributed by atoms with Crippen LogP contribution in [0.5, 0.6) is 5.75 Å². The number of nitriles is 1. The second-order valence-electron chi connectivity index (χ2n) is 5.01. The largest absolute Gasteiger partial charge is 0.486 e. The van der Waals surface area contributed by atoms with E-state index in [1.54, 1.807) is 0 Å². The van der Waals surface area contributed by atoms with Gasteiger partial charge in [-0.1, -0.05) is 6.07 Å². The van der Waals surface area contributed by atoms with Crippen molar-refractivity contribution in [2.45, 2.75) is 46.1 Å². The van der Waals surface area contributed by atoms with Gasteiger partial charge in [-0.05, 0) is 44.4 Å². The molecule has 1 aliphatic rings. The number of rotatable bonds is 1. The maximum absolute atomic E-state index is 8.83. The molecule has 0 fully saturated rings. The van der Waals surface area contributed by atoms with Crippen LogP contribution in [-0.4, -0.2) is 5.60 Å². The Morgan fingerprint density at radius 2 is 2.06 bits per heavy atom. The van der Waals surface area contributed by atoms with Crippen LogP contribution in [0.25, 0.3) is 0 Å². The first-order valence-electron chi connectivity index (χ1n) is 5.62. The van der Waals surface area contributed by atoms with Gasteiger partial charge in [0.05, 0.1) is 12.5 Å². The Balaban J connectivity index is 2.49. The minimum absolute atomic E-state index is 0.333. The molecule has 1 aromatic carbocycles. The minimum Gasteiger partial charge on any atom is -0.486 e. The normalized spacial score (nSPS) is 22.4. The Bertz CT molecular complexity index is 484. The summed E-state index contributed by atoms with van der Waals surface area (Å²) < 4.78 is 6.00. The van der Waals surface area contributed by atoms with Crippen molar-refractivity contribution in [3.8, 4) is 11.8 Å². The Hall–Kier alpha value is -1.49. The third-order valence-electron chi connectivity index (χ3n) is 3.47. The smallest absolute Gasteiger partial charge is 0.126 e. The summed E-state index contributed by atoms with van der Waals surface area (Å²) in [5.74, 6) is 1.01. The summed E-state index contributed by atoms with van der Waals surface area (Å²) in [4.78, 5) is 0. The fraction of sp³-hybridized carbons (Fsp3) is 0.500. The summed E-state index contributed by atoms with van der Waals surface area (Å²) in [6.07, 6.45) is 1.29. The molecule has 1 heterocycles. The Morgan fingerprint density at radius 3 is 2.69 bits per heavy atom. The number of aryl methyl sites for hydroxylation is 2. The summed E-state index contributed by atoms with van der Waals surface area (Å²) in [7, 11) is 0. The van der Waals surface area contributed by atoms with Crippen LogP contribution in [0.15, 0.2) is 6.07 Å². The van der Waals surface area contributed by atoms with E-state index >= 15 is 0 Å². The molecule has 0 spiro atoms. The molecule has 0 aromatic heterocycles. The summed E-state index contributed by atoms with van der Waals surface area (Å²) in [6, 6.07) is 4.42. The van der Waals surface area contributed by atoms with Gasteiger partial charge in [0, 0.05) is 12.0 Å². The van der Waals surface area contributed by atoms with E-state index in [0.29, 0.717) is 6.42 Å². The fourth-order valence-electron chi connectivity index (χ4n) is 2.38. The van der Waals surface area contributed by atoms with E-state index < -0.39 is 0 Å². The third-order valence-corrected chi connectivity index (χ3v) is 3.47. The molecule has 2 nitrogen and oxygen atoms in total. The maximum atomic E-state index is 8.83. The molecule has 0 saturated carbocycles. The van der Waals surface area contributed by atoms with Gasteiger partial charge in [-0.15, -0.1) is 0 Å². The SMILES string of the molecule is Cc1cc(C)c2c(c1C)O[C@@](C)(CC#N)C2. The molecule has 2 rings (SSSR count). The van der Waals surface area contributed by atoms with E-state index in [1.807, 2.05) is 6.92 Å². The Morgan fingerprint density at radius 1 is 1.38 bits per heavy atom. The second kappa shape index (κ2) is 3.52. The van der Waals surface area contributed by atoms with Crippen molar-refractivity contribution in [1.29, 1.82) is 5.26 Å². The molecule has 1 aromatic rings. The average Bonchev–Trinajstić information content (AvgIpc) is 2.54. The van der Waals surface area contributed by atoms with E-state index in [1.165, 1.54) is 22.3 Å². The van der Waals surface area contributed by atoms with Crippen LogP contribution in [0.3, 0.4) is 0 Å². The van der Waals surface area contributed by atoms with E-state index in [2.05, 4.69) is 32.9 Å². The molecule has 2 heteroatoms. The van der Waals surface area contributed by atoms with Crippen LogP contribution in [-0.2, 0) is 6.42 Å². The number of hydrogen-bond acceptors (Lipinski definition) is 2. The fourth-order valence-corrected chi connectivity index (χ4v) is 2.38. The first kappa shape index (κ1) is 11.0. The lowest BCUT2D eigenvalue weighted by atomic mass is 9.92. The van der Waals surface area contributed by atoms with Gasteiger partial charge in [0.2, 0.25) is 0 Å². The third kappa shape index (κ3) is 1.57. The molecule has 0 N–H and O–H groups in total. The maximum Gasteiger partial charge on any atom is 0.126 e. The molecule has 0 bridgehead atoms. The highest BCUT2D eigenvalue weighted by Gasteiger charge is 2.36. The number of fused-ring (bicyclic) bond motifs is 1. The van der Waals surface area contributed by atoms with Crippen LogP contribution in [0.1, 0.15) is 35.6 Å². The second-order valence-corrected chi connectivity index (χ2v) is 5.01. The number of hydrogen-bond donors (Lipinski definition) is 0. The van der Waals surface area contributed by atoms with Gasteiger partial charge in [-0.3, -0.25) is 0 Å². The molecule has 0 saturated heterocycles. The van der Waals surface area contributed by atoms with Crippen molar-refractivity contribution >= 4 is 0 Å².